The summed E-state index contributed by atoms with van der Waals surface area (Å²) in [5.74, 6) is 0.0231. The summed E-state index contributed by atoms with van der Waals surface area (Å²) in [6.45, 7) is 4.40. The van der Waals surface area contributed by atoms with Gasteiger partial charge >= 0.3 is 0 Å². The lowest BCUT2D eigenvalue weighted by Gasteiger charge is -2.45. The summed E-state index contributed by atoms with van der Waals surface area (Å²) in [4.78, 5) is 2.57. The van der Waals surface area contributed by atoms with Gasteiger partial charge in [-0.1, -0.05) is 97.4 Å². The third kappa shape index (κ3) is 7.96. The van der Waals surface area contributed by atoms with E-state index < -0.39 is 21.9 Å². The van der Waals surface area contributed by atoms with Crippen LogP contribution in [-0.4, -0.2) is 49.3 Å². The average molecular weight is 677 g/mol. The van der Waals surface area contributed by atoms with Crippen molar-refractivity contribution in [2.24, 2.45) is 5.92 Å². The van der Waals surface area contributed by atoms with E-state index in [2.05, 4.69) is 16.5 Å². The van der Waals surface area contributed by atoms with E-state index in [-0.39, 0.29) is 36.2 Å². The molecule has 0 bridgehead atoms. The van der Waals surface area contributed by atoms with Crippen LogP contribution in [0.25, 0.3) is 0 Å². The molecule has 10 heteroatoms. The van der Waals surface area contributed by atoms with E-state index >= 15 is 0 Å². The van der Waals surface area contributed by atoms with Crippen molar-refractivity contribution in [3.63, 3.8) is 0 Å². The minimum absolute atomic E-state index is 0.0231. The molecule has 2 aliphatic rings. The number of benzene rings is 4. The normalized spacial score (nSPS) is 23.4. The first-order valence-electron chi connectivity index (χ1n) is 16.0. The summed E-state index contributed by atoms with van der Waals surface area (Å²) in [7, 11) is -3.63. The molecule has 47 heavy (non-hydrogen) atoms. The number of hydrogen-bond donors (Lipinski definition) is 3. The van der Waals surface area contributed by atoms with Crippen LogP contribution in [0.5, 0.6) is 0 Å². The zero-order chi connectivity index (χ0) is 33.0. The summed E-state index contributed by atoms with van der Waals surface area (Å²) < 4.78 is 41.3. The van der Waals surface area contributed by atoms with Gasteiger partial charge in [0.1, 0.15) is 0 Å². The molecule has 2 heterocycles. The topological polar surface area (TPSA) is 108 Å². The Kier molecular flexibility index (Phi) is 10.5. The average Bonchev–Trinajstić information content (AvgIpc) is 3.10. The summed E-state index contributed by atoms with van der Waals surface area (Å²) >= 11 is 6.08. The Morgan fingerprint density at radius 2 is 1.47 bits per heavy atom. The van der Waals surface area contributed by atoms with Crippen LogP contribution in [0.2, 0.25) is 5.02 Å². The lowest BCUT2D eigenvalue weighted by molar-refractivity contribution is -0.277. The molecular weight excluding hydrogens is 636 g/mol. The fourth-order valence-corrected chi connectivity index (χ4v) is 7.56. The van der Waals surface area contributed by atoms with E-state index in [9.17, 15) is 18.6 Å². The van der Waals surface area contributed by atoms with Crippen LogP contribution >= 0.6 is 11.6 Å². The van der Waals surface area contributed by atoms with Gasteiger partial charge in [0.15, 0.2) is 6.29 Å². The number of piperidine rings is 1. The van der Waals surface area contributed by atoms with Crippen molar-refractivity contribution >= 4 is 21.6 Å². The van der Waals surface area contributed by atoms with Gasteiger partial charge in [-0.3, -0.25) is 0 Å². The second kappa shape index (κ2) is 14.6. The van der Waals surface area contributed by atoms with E-state index in [0.29, 0.717) is 24.4 Å². The van der Waals surface area contributed by atoms with Crippen molar-refractivity contribution in [2.45, 2.75) is 61.9 Å². The van der Waals surface area contributed by atoms with Crippen LogP contribution < -0.4 is 4.72 Å². The maximum absolute atomic E-state index is 12.7. The predicted molar refractivity (Wildman–Crippen MR) is 181 cm³/mol. The first-order chi connectivity index (χ1) is 22.6. The van der Waals surface area contributed by atoms with E-state index in [4.69, 9.17) is 21.1 Å². The molecule has 2 aliphatic heterocycles. The molecule has 0 aromatic heterocycles. The van der Waals surface area contributed by atoms with E-state index in [1.54, 1.807) is 30.3 Å². The predicted octanol–water partition coefficient (Wildman–Crippen LogP) is 6.09. The number of sulfonamides is 1. The first-order valence-corrected chi connectivity index (χ1v) is 17.8. The number of nitrogens with zero attached hydrogens (tertiary/aromatic N) is 1. The Hall–Kier alpha value is -3.12. The molecule has 4 aromatic carbocycles. The minimum atomic E-state index is -3.63. The summed E-state index contributed by atoms with van der Waals surface area (Å²) in [6.07, 6.45) is 0.175. The highest BCUT2D eigenvalue weighted by molar-refractivity contribution is 7.89. The Bertz CT molecular complexity index is 1710. The molecule has 2 fully saturated rings. The number of hydrogen-bond acceptors (Lipinski definition) is 7. The van der Waals surface area contributed by atoms with Crippen LogP contribution in [-0.2, 0) is 38.2 Å². The van der Waals surface area contributed by atoms with Crippen LogP contribution in [0.3, 0.4) is 0 Å². The lowest BCUT2D eigenvalue weighted by Crippen LogP contribution is -2.49. The highest BCUT2D eigenvalue weighted by atomic mass is 35.5. The number of nitrogens with one attached hydrogen (secondary N) is 1. The molecule has 2 saturated heterocycles. The van der Waals surface area contributed by atoms with Crippen LogP contribution in [0, 0.1) is 5.92 Å². The van der Waals surface area contributed by atoms with Gasteiger partial charge in [-0.15, -0.1) is 0 Å². The van der Waals surface area contributed by atoms with Gasteiger partial charge in [-0.05, 0) is 59.4 Å². The summed E-state index contributed by atoms with van der Waals surface area (Å²) in [6, 6.07) is 31.2. The molecule has 0 spiro atoms. The van der Waals surface area contributed by atoms with E-state index in [0.717, 1.165) is 40.9 Å². The minimum Gasteiger partial charge on any atom is -0.392 e. The number of aliphatic hydroxyl groups is 2. The van der Waals surface area contributed by atoms with Gasteiger partial charge in [-0.25, -0.2) is 13.1 Å². The third-order valence-corrected chi connectivity index (χ3v) is 11.1. The zero-order valence-electron chi connectivity index (χ0n) is 26.3. The summed E-state index contributed by atoms with van der Waals surface area (Å²) in [5, 5.41) is 21.6. The Morgan fingerprint density at radius 1 is 0.851 bits per heavy atom. The first kappa shape index (κ1) is 33.8. The quantitative estimate of drug-likeness (QED) is 0.187. The van der Waals surface area contributed by atoms with Crippen LogP contribution in [0.15, 0.2) is 108 Å². The number of halogens is 1. The van der Waals surface area contributed by atoms with E-state index in [1.165, 1.54) is 0 Å². The number of aliphatic hydroxyl groups excluding tert-OH is 1. The van der Waals surface area contributed by atoms with Crippen molar-refractivity contribution in [1.29, 1.82) is 0 Å². The molecule has 8 nitrogen and oxygen atoms in total. The zero-order valence-corrected chi connectivity index (χ0v) is 27.9. The van der Waals surface area contributed by atoms with Crippen LogP contribution in [0.1, 0.15) is 60.0 Å². The van der Waals surface area contributed by atoms with Crippen molar-refractivity contribution in [1.82, 2.24) is 9.62 Å². The smallest absolute Gasteiger partial charge is 0.240 e. The van der Waals surface area contributed by atoms with Crippen molar-refractivity contribution in [3.8, 4) is 0 Å². The molecule has 0 amide bonds. The van der Waals surface area contributed by atoms with E-state index in [1.807, 2.05) is 72.8 Å². The SMILES string of the molecule is CC1C(CN2CCC(O)(c3ccc(Cl)cc3)CC2)OC(c2ccc(CNS(=O)(=O)c3ccccc3)cc2)OC1c1ccc(CO)cc1. The standard InChI is InChI=1S/C37H41ClN2O6S/c1-26-34(24-40-21-19-37(42,20-22-40)31-15-17-32(38)18-16-31)45-36(46-35(26)29-11-9-28(25-41)10-12-29)30-13-7-27(8-14-30)23-39-47(43,44)33-5-3-2-4-6-33/h2-18,26,34-36,39,41-42H,19-25H2,1H3. The molecule has 4 atom stereocenters. The third-order valence-electron chi connectivity index (χ3n) is 9.40. The molecule has 3 N–H and O–H groups in total. The second-order valence-electron chi connectivity index (χ2n) is 12.5. The van der Waals surface area contributed by atoms with Crippen molar-refractivity contribution in [2.75, 3.05) is 19.6 Å². The monoisotopic (exact) mass is 676 g/mol. The lowest BCUT2D eigenvalue weighted by atomic mass is 9.84. The van der Waals surface area contributed by atoms with Gasteiger partial charge in [0, 0.05) is 42.7 Å². The molecule has 248 valence electrons. The van der Waals surface area contributed by atoms with Gasteiger partial charge in [0.25, 0.3) is 0 Å². The van der Waals surface area contributed by atoms with Gasteiger partial charge in [-0.2, -0.15) is 0 Å². The molecule has 0 aliphatic carbocycles. The molecule has 4 aromatic rings. The maximum Gasteiger partial charge on any atom is 0.240 e. The fraction of sp³-hybridized carbons (Fsp3) is 0.351. The summed E-state index contributed by atoms with van der Waals surface area (Å²) in [5.41, 5.74) is 3.49. The highest BCUT2D eigenvalue weighted by Crippen LogP contribution is 2.42. The van der Waals surface area contributed by atoms with Gasteiger partial charge in [0.2, 0.25) is 10.0 Å². The Balaban J connectivity index is 1.16. The Morgan fingerprint density at radius 3 is 2.11 bits per heavy atom. The molecule has 0 saturated carbocycles. The highest BCUT2D eigenvalue weighted by Gasteiger charge is 2.41. The van der Waals surface area contributed by atoms with Crippen LogP contribution in [0.4, 0.5) is 0 Å². The molecule has 0 radical (unpaired) electrons. The maximum atomic E-state index is 12.7. The second-order valence-corrected chi connectivity index (χ2v) is 14.7. The van der Waals surface area contributed by atoms with Gasteiger partial charge < -0.3 is 24.6 Å². The largest absolute Gasteiger partial charge is 0.392 e. The van der Waals surface area contributed by atoms with Crippen molar-refractivity contribution < 1.29 is 28.1 Å². The molecule has 4 unspecified atom stereocenters. The molecular formula is C37H41ClN2O6S. The number of ether oxygens (including phenoxy) is 2. The number of likely N-dealkylation sites (tertiary alicyclic amines) is 1. The number of rotatable bonds is 10. The van der Waals surface area contributed by atoms with Crippen molar-refractivity contribution in [3.05, 3.63) is 136 Å². The Labute approximate surface area is 282 Å². The molecule has 6 rings (SSSR count). The van der Waals surface area contributed by atoms with Gasteiger partial charge in [0.05, 0.1) is 29.3 Å². The fourth-order valence-electron chi connectivity index (χ4n) is 6.39.